The van der Waals surface area contributed by atoms with Crippen LogP contribution in [-0.2, 0) is 0 Å². The first kappa shape index (κ1) is 33.6. The lowest BCUT2D eigenvalue weighted by molar-refractivity contribution is 0.669. The fraction of sp³-hybridized carbons (Fsp3) is 0. The molecule has 0 bridgehead atoms. The number of para-hydroxylation sites is 3. The highest BCUT2D eigenvalue weighted by Gasteiger charge is 2.23. The monoisotopic (exact) mass is 739 g/mol. The van der Waals surface area contributed by atoms with Crippen molar-refractivity contribution in [3.63, 3.8) is 0 Å². The zero-order chi connectivity index (χ0) is 38.4. The molecule has 11 rings (SSSR count). The van der Waals surface area contributed by atoms with Crippen LogP contribution in [0.4, 0.5) is 17.1 Å². The first-order valence-electron chi connectivity index (χ1n) is 19.8. The van der Waals surface area contributed by atoms with Crippen LogP contribution in [0, 0.1) is 0 Å². The fourth-order valence-corrected chi connectivity index (χ4v) is 8.79. The van der Waals surface area contributed by atoms with Crippen molar-refractivity contribution in [1.29, 1.82) is 0 Å². The van der Waals surface area contributed by atoms with Gasteiger partial charge in [0.25, 0.3) is 0 Å². The summed E-state index contributed by atoms with van der Waals surface area (Å²) in [4.78, 5) is 2.44. The zero-order valence-corrected chi connectivity index (χ0v) is 31.7. The van der Waals surface area contributed by atoms with Crippen molar-refractivity contribution in [3.8, 4) is 44.5 Å². The second kappa shape index (κ2) is 14.1. The Bertz CT molecular complexity index is 3290. The molecule has 272 valence electrons. The molecule has 2 nitrogen and oxygen atoms in total. The van der Waals surface area contributed by atoms with Gasteiger partial charge in [0, 0.05) is 27.6 Å². The molecule has 0 aliphatic rings. The maximum absolute atomic E-state index is 6.26. The van der Waals surface area contributed by atoms with Crippen molar-refractivity contribution in [2.75, 3.05) is 4.90 Å². The average molecular weight is 740 g/mol. The van der Waals surface area contributed by atoms with E-state index in [9.17, 15) is 0 Å². The van der Waals surface area contributed by atoms with Crippen LogP contribution in [0.1, 0.15) is 0 Å². The van der Waals surface area contributed by atoms with E-state index in [1.807, 2.05) is 12.1 Å². The maximum Gasteiger partial charge on any atom is 0.135 e. The molecule has 1 heterocycles. The van der Waals surface area contributed by atoms with Crippen molar-refractivity contribution in [2.45, 2.75) is 0 Å². The van der Waals surface area contributed by atoms with E-state index in [4.69, 9.17) is 4.42 Å². The van der Waals surface area contributed by atoms with E-state index < -0.39 is 0 Å². The number of fused-ring (bicyclic) bond motifs is 5. The van der Waals surface area contributed by atoms with Gasteiger partial charge < -0.3 is 9.32 Å². The highest BCUT2D eigenvalue weighted by molar-refractivity contribution is 6.08. The summed E-state index contributed by atoms with van der Waals surface area (Å²) in [6.07, 6.45) is 0. The lowest BCUT2D eigenvalue weighted by Gasteiger charge is -2.30. The van der Waals surface area contributed by atoms with E-state index in [0.717, 1.165) is 55.7 Å². The summed E-state index contributed by atoms with van der Waals surface area (Å²) in [6, 6.07) is 80.8. The molecular formula is C56H37NO. The Labute approximate surface area is 337 Å². The molecule has 0 N–H and O–H groups in total. The van der Waals surface area contributed by atoms with Crippen molar-refractivity contribution in [2.24, 2.45) is 0 Å². The van der Waals surface area contributed by atoms with E-state index in [1.54, 1.807) is 0 Å². The highest BCUT2D eigenvalue weighted by atomic mass is 16.3. The minimum Gasteiger partial charge on any atom is -0.456 e. The number of hydrogen-bond donors (Lipinski definition) is 0. The van der Waals surface area contributed by atoms with E-state index in [0.29, 0.717) is 0 Å². The normalized spacial score (nSPS) is 11.4. The van der Waals surface area contributed by atoms with Crippen LogP contribution in [0.25, 0.3) is 88.0 Å². The minimum atomic E-state index is 0.888. The van der Waals surface area contributed by atoms with E-state index in [2.05, 4.69) is 217 Å². The second-order valence-corrected chi connectivity index (χ2v) is 14.8. The van der Waals surface area contributed by atoms with Gasteiger partial charge in [-0.1, -0.05) is 182 Å². The van der Waals surface area contributed by atoms with Crippen molar-refractivity contribution < 1.29 is 4.42 Å². The van der Waals surface area contributed by atoms with Crippen LogP contribution in [0.3, 0.4) is 0 Å². The van der Waals surface area contributed by atoms with Gasteiger partial charge in [0.1, 0.15) is 11.2 Å². The molecule has 0 saturated heterocycles. The highest BCUT2D eigenvalue weighted by Crippen LogP contribution is 2.48. The smallest absolute Gasteiger partial charge is 0.135 e. The largest absolute Gasteiger partial charge is 0.456 e. The third-order valence-corrected chi connectivity index (χ3v) is 11.5. The molecule has 58 heavy (non-hydrogen) atoms. The number of rotatable bonds is 7. The van der Waals surface area contributed by atoms with Gasteiger partial charge in [-0.2, -0.15) is 0 Å². The molecule has 2 heteroatoms. The van der Waals surface area contributed by atoms with Gasteiger partial charge in [-0.3, -0.25) is 0 Å². The molecule has 0 radical (unpaired) electrons. The SMILES string of the molecule is c1ccc(-c2cccc3ccccc23)c(-c2ccccc2N(c2ccc(-c3cccc4ccccc34)cc2)c2ccccc2-c2ccc3oc4ccccc4c3c2)c1. The first-order chi connectivity index (χ1) is 28.8. The van der Waals surface area contributed by atoms with Gasteiger partial charge in [-0.15, -0.1) is 0 Å². The Kier molecular flexibility index (Phi) is 8.19. The van der Waals surface area contributed by atoms with Crippen LogP contribution in [0.2, 0.25) is 0 Å². The topological polar surface area (TPSA) is 16.4 Å². The lowest BCUT2D eigenvalue weighted by atomic mass is 9.90. The standard InChI is InChI=1S/C56H37NO/c1-3-19-43-38(15-1)17-13-26-44(43)40-31-34-42(35-32-40)57(53-28-10-7-21-46(53)41-33-36-56-52(37-41)51-25-9-12-30-55(51)58-56)54-29-11-8-24-50(54)49-23-6-5-22-48(49)47-27-14-18-39-16-2-4-20-45(39)47/h1-37H. The summed E-state index contributed by atoms with van der Waals surface area (Å²) in [6.45, 7) is 0. The first-order valence-corrected chi connectivity index (χ1v) is 19.8. The molecule has 1 aromatic heterocycles. The number of benzene rings is 10. The molecule has 0 amide bonds. The summed E-state index contributed by atoms with van der Waals surface area (Å²) in [5.41, 5.74) is 14.4. The van der Waals surface area contributed by atoms with Crippen LogP contribution < -0.4 is 4.90 Å². The molecule has 0 aliphatic heterocycles. The van der Waals surface area contributed by atoms with Gasteiger partial charge >= 0.3 is 0 Å². The summed E-state index contributed by atoms with van der Waals surface area (Å²) < 4.78 is 6.26. The zero-order valence-electron chi connectivity index (χ0n) is 31.7. The summed E-state index contributed by atoms with van der Waals surface area (Å²) in [7, 11) is 0. The van der Waals surface area contributed by atoms with Gasteiger partial charge in [0.2, 0.25) is 0 Å². The molecular weight excluding hydrogens is 703 g/mol. The lowest BCUT2D eigenvalue weighted by Crippen LogP contribution is -2.12. The predicted octanol–water partition coefficient (Wildman–Crippen LogP) is 16.0. The fourth-order valence-electron chi connectivity index (χ4n) is 8.79. The Morgan fingerprint density at radius 3 is 1.47 bits per heavy atom. The summed E-state index contributed by atoms with van der Waals surface area (Å²) in [5.74, 6) is 0. The van der Waals surface area contributed by atoms with E-state index in [1.165, 1.54) is 49.4 Å². The minimum absolute atomic E-state index is 0.888. The van der Waals surface area contributed by atoms with E-state index in [-0.39, 0.29) is 0 Å². The van der Waals surface area contributed by atoms with Gasteiger partial charge in [0.15, 0.2) is 0 Å². The maximum atomic E-state index is 6.26. The summed E-state index contributed by atoms with van der Waals surface area (Å²) >= 11 is 0. The third-order valence-electron chi connectivity index (χ3n) is 11.5. The quantitative estimate of drug-likeness (QED) is 0.162. The van der Waals surface area contributed by atoms with Crippen molar-refractivity contribution in [3.05, 3.63) is 224 Å². The van der Waals surface area contributed by atoms with Gasteiger partial charge in [-0.25, -0.2) is 0 Å². The predicted molar refractivity (Wildman–Crippen MR) is 245 cm³/mol. The molecule has 0 atom stereocenters. The molecule has 11 aromatic rings. The van der Waals surface area contributed by atoms with E-state index >= 15 is 0 Å². The van der Waals surface area contributed by atoms with Gasteiger partial charge in [-0.05, 0) is 97.4 Å². The Morgan fingerprint density at radius 2 is 0.741 bits per heavy atom. The molecule has 0 spiro atoms. The second-order valence-electron chi connectivity index (χ2n) is 14.8. The molecule has 10 aromatic carbocycles. The molecule has 0 aliphatic carbocycles. The number of furan rings is 1. The number of nitrogens with zero attached hydrogens (tertiary/aromatic N) is 1. The number of anilines is 3. The average Bonchev–Trinajstić information content (AvgIpc) is 3.67. The Hall–Kier alpha value is -7.68. The molecule has 0 fully saturated rings. The van der Waals surface area contributed by atoms with Crippen LogP contribution >= 0.6 is 0 Å². The molecule has 0 saturated carbocycles. The van der Waals surface area contributed by atoms with Gasteiger partial charge in [0.05, 0.1) is 11.4 Å². The van der Waals surface area contributed by atoms with Crippen LogP contribution in [-0.4, -0.2) is 0 Å². The van der Waals surface area contributed by atoms with Crippen molar-refractivity contribution >= 4 is 60.5 Å². The van der Waals surface area contributed by atoms with Crippen LogP contribution in [0.5, 0.6) is 0 Å². The van der Waals surface area contributed by atoms with Crippen molar-refractivity contribution in [1.82, 2.24) is 0 Å². The molecule has 0 unspecified atom stereocenters. The van der Waals surface area contributed by atoms with Crippen LogP contribution in [0.15, 0.2) is 229 Å². The Balaban J connectivity index is 1.13. The summed E-state index contributed by atoms with van der Waals surface area (Å²) in [5, 5.41) is 7.18. The number of hydrogen-bond acceptors (Lipinski definition) is 2. The third kappa shape index (κ3) is 5.74. The Morgan fingerprint density at radius 1 is 0.276 bits per heavy atom.